The second kappa shape index (κ2) is 5.87. The van der Waals surface area contributed by atoms with Crippen LogP contribution in [0.25, 0.3) is 10.9 Å². The smallest absolute Gasteiger partial charge is 0.160 e. The first-order chi connectivity index (χ1) is 9.45. The molecule has 0 saturated carbocycles. The standard InChI is InChI=1S/C14H13ClF3NO/c1-7-14(15)8(5-9(17)10(18)6-16)13-11(19-7)3-2-4-12(13)20/h2-4,9-10,20H,5-6H2,1H3. The summed E-state index contributed by atoms with van der Waals surface area (Å²) in [6.07, 6.45) is -4.65. The van der Waals surface area contributed by atoms with Gasteiger partial charge in [0.05, 0.1) is 16.2 Å². The SMILES string of the molecule is Cc1nc2cccc(O)c2c(CC(F)C(F)CF)c1Cl. The summed E-state index contributed by atoms with van der Waals surface area (Å²) in [6, 6.07) is 4.64. The number of hydrogen-bond acceptors (Lipinski definition) is 2. The molecule has 0 spiro atoms. The molecule has 0 amide bonds. The monoisotopic (exact) mass is 303 g/mol. The molecule has 1 aromatic heterocycles. The molecule has 2 rings (SSSR count). The van der Waals surface area contributed by atoms with Crippen molar-refractivity contribution in [2.45, 2.75) is 25.7 Å². The Labute approximate surface area is 119 Å². The molecule has 1 aromatic carbocycles. The molecule has 2 atom stereocenters. The Hall–Kier alpha value is -1.49. The normalized spacial score (nSPS) is 14.4. The molecule has 0 aliphatic carbocycles. The molecule has 6 heteroatoms. The number of hydrogen-bond donors (Lipinski definition) is 1. The van der Waals surface area contributed by atoms with E-state index in [9.17, 15) is 18.3 Å². The third kappa shape index (κ3) is 2.68. The molecular formula is C14H13ClF3NO. The van der Waals surface area contributed by atoms with Crippen LogP contribution >= 0.6 is 11.6 Å². The summed E-state index contributed by atoms with van der Waals surface area (Å²) in [4.78, 5) is 4.19. The molecule has 0 aliphatic heterocycles. The highest BCUT2D eigenvalue weighted by Gasteiger charge is 2.24. The summed E-state index contributed by atoms with van der Waals surface area (Å²) in [5.41, 5.74) is 1.13. The van der Waals surface area contributed by atoms with Gasteiger partial charge in [0.2, 0.25) is 0 Å². The maximum atomic E-state index is 13.7. The van der Waals surface area contributed by atoms with Crippen LogP contribution < -0.4 is 0 Å². The van der Waals surface area contributed by atoms with Gasteiger partial charge in [-0.25, -0.2) is 13.2 Å². The van der Waals surface area contributed by atoms with Crippen LogP contribution in [0.2, 0.25) is 5.02 Å². The van der Waals surface area contributed by atoms with Crippen molar-refractivity contribution in [3.8, 4) is 5.75 Å². The van der Waals surface area contributed by atoms with E-state index in [-0.39, 0.29) is 21.7 Å². The number of pyridine rings is 1. The van der Waals surface area contributed by atoms with Gasteiger partial charge in [0.25, 0.3) is 0 Å². The van der Waals surface area contributed by atoms with Crippen molar-refractivity contribution in [3.63, 3.8) is 0 Å². The minimum Gasteiger partial charge on any atom is -0.507 e. The zero-order valence-corrected chi connectivity index (χ0v) is 11.5. The van der Waals surface area contributed by atoms with Gasteiger partial charge in [0.1, 0.15) is 18.6 Å². The van der Waals surface area contributed by atoms with Gasteiger partial charge in [-0.2, -0.15) is 0 Å². The summed E-state index contributed by atoms with van der Waals surface area (Å²) in [6.45, 7) is 0.234. The lowest BCUT2D eigenvalue weighted by Crippen LogP contribution is -2.22. The number of aromatic hydroxyl groups is 1. The Bertz CT molecular complexity index is 635. The van der Waals surface area contributed by atoms with Crippen molar-refractivity contribution in [2.75, 3.05) is 6.67 Å². The highest BCUT2D eigenvalue weighted by Crippen LogP contribution is 2.34. The van der Waals surface area contributed by atoms with Crippen LogP contribution in [0.5, 0.6) is 5.75 Å². The van der Waals surface area contributed by atoms with Gasteiger partial charge in [-0.15, -0.1) is 0 Å². The van der Waals surface area contributed by atoms with Gasteiger partial charge >= 0.3 is 0 Å². The molecule has 20 heavy (non-hydrogen) atoms. The fourth-order valence-corrected chi connectivity index (χ4v) is 2.31. The van der Waals surface area contributed by atoms with Gasteiger partial charge in [-0.05, 0) is 24.6 Å². The maximum absolute atomic E-state index is 13.7. The largest absolute Gasteiger partial charge is 0.507 e. The number of halogens is 4. The average Bonchev–Trinajstić information content (AvgIpc) is 2.42. The van der Waals surface area contributed by atoms with Crippen LogP contribution in [-0.4, -0.2) is 29.1 Å². The number of benzene rings is 1. The van der Waals surface area contributed by atoms with E-state index in [2.05, 4.69) is 4.98 Å². The average molecular weight is 304 g/mol. The zero-order chi connectivity index (χ0) is 14.9. The Morgan fingerprint density at radius 3 is 2.65 bits per heavy atom. The fraction of sp³-hybridized carbons (Fsp3) is 0.357. The third-order valence-corrected chi connectivity index (χ3v) is 3.63. The van der Waals surface area contributed by atoms with Crippen LogP contribution in [0.4, 0.5) is 13.2 Å². The molecule has 108 valence electrons. The lowest BCUT2D eigenvalue weighted by atomic mass is 10.00. The third-order valence-electron chi connectivity index (χ3n) is 3.13. The highest BCUT2D eigenvalue weighted by molar-refractivity contribution is 6.33. The van der Waals surface area contributed by atoms with Crippen LogP contribution in [0.3, 0.4) is 0 Å². The molecule has 0 fully saturated rings. The predicted molar refractivity (Wildman–Crippen MR) is 72.6 cm³/mol. The summed E-state index contributed by atoms with van der Waals surface area (Å²) in [7, 11) is 0. The van der Waals surface area contributed by atoms with Gasteiger partial charge in [0.15, 0.2) is 6.17 Å². The molecule has 2 nitrogen and oxygen atoms in total. The van der Waals surface area contributed by atoms with Crippen molar-refractivity contribution in [1.82, 2.24) is 4.98 Å². The van der Waals surface area contributed by atoms with Crippen molar-refractivity contribution in [3.05, 3.63) is 34.5 Å². The maximum Gasteiger partial charge on any atom is 0.160 e. The molecule has 2 aromatic rings. The number of phenols is 1. The minimum absolute atomic E-state index is 0.116. The lowest BCUT2D eigenvalue weighted by Gasteiger charge is -2.15. The number of rotatable bonds is 4. The van der Waals surface area contributed by atoms with Crippen LogP contribution in [0.15, 0.2) is 18.2 Å². The molecule has 0 bridgehead atoms. The second-order valence-electron chi connectivity index (χ2n) is 4.55. The molecule has 0 aliphatic rings. The van der Waals surface area contributed by atoms with Gasteiger partial charge < -0.3 is 5.11 Å². The second-order valence-corrected chi connectivity index (χ2v) is 4.93. The Morgan fingerprint density at radius 2 is 2.00 bits per heavy atom. The highest BCUT2D eigenvalue weighted by atomic mass is 35.5. The molecule has 2 unspecified atom stereocenters. The lowest BCUT2D eigenvalue weighted by molar-refractivity contribution is 0.137. The minimum atomic E-state index is -2.21. The number of alkyl halides is 3. The van der Waals surface area contributed by atoms with Gasteiger partial charge in [0, 0.05) is 11.8 Å². The molecular weight excluding hydrogens is 291 g/mol. The molecule has 0 radical (unpaired) electrons. The van der Waals surface area contributed by atoms with Crippen molar-refractivity contribution >= 4 is 22.5 Å². The predicted octanol–water partition coefficient (Wildman–Crippen LogP) is 4.09. The van der Waals surface area contributed by atoms with Crippen molar-refractivity contribution in [1.29, 1.82) is 0 Å². The summed E-state index contributed by atoms with van der Waals surface area (Å²) in [5.74, 6) is -0.116. The molecule has 0 saturated heterocycles. The van der Waals surface area contributed by atoms with Crippen molar-refractivity contribution < 1.29 is 18.3 Å². The van der Waals surface area contributed by atoms with E-state index < -0.39 is 25.4 Å². The van der Waals surface area contributed by atoms with E-state index in [0.717, 1.165) is 0 Å². The van der Waals surface area contributed by atoms with E-state index in [1.54, 1.807) is 19.1 Å². The van der Waals surface area contributed by atoms with E-state index >= 15 is 0 Å². The van der Waals surface area contributed by atoms with E-state index in [1.165, 1.54) is 6.07 Å². The number of nitrogens with zero attached hydrogens (tertiary/aromatic N) is 1. The summed E-state index contributed by atoms with van der Waals surface area (Å²) in [5, 5.41) is 10.3. The summed E-state index contributed by atoms with van der Waals surface area (Å²) >= 11 is 6.08. The number of aromatic nitrogens is 1. The number of phenolic OH excluding ortho intramolecular Hbond substituents is 1. The fourth-order valence-electron chi connectivity index (χ4n) is 2.10. The number of fused-ring (bicyclic) bond motifs is 1. The molecule has 1 N–H and O–H groups in total. The van der Waals surface area contributed by atoms with Crippen LogP contribution in [0, 0.1) is 6.92 Å². The quantitative estimate of drug-likeness (QED) is 0.923. The Morgan fingerprint density at radius 1 is 1.30 bits per heavy atom. The topological polar surface area (TPSA) is 33.1 Å². The van der Waals surface area contributed by atoms with Crippen molar-refractivity contribution in [2.24, 2.45) is 0 Å². The first-order valence-electron chi connectivity index (χ1n) is 6.06. The first kappa shape index (κ1) is 14.9. The van der Waals surface area contributed by atoms with E-state index in [1.807, 2.05) is 0 Å². The van der Waals surface area contributed by atoms with Crippen LogP contribution in [0.1, 0.15) is 11.3 Å². The van der Waals surface area contributed by atoms with Crippen LogP contribution in [-0.2, 0) is 6.42 Å². The van der Waals surface area contributed by atoms with E-state index in [0.29, 0.717) is 11.2 Å². The first-order valence-corrected chi connectivity index (χ1v) is 6.44. The summed E-state index contributed by atoms with van der Waals surface area (Å²) < 4.78 is 39.0. The molecule has 1 heterocycles. The van der Waals surface area contributed by atoms with Gasteiger partial charge in [-0.3, -0.25) is 4.98 Å². The van der Waals surface area contributed by atoms with E-state index in [4.69, 9.17) is 11.6 Å². The Kier molecular flexibility index (Phi) is 4.38. The zero-order valence-electron chi connectivity index (χ0n) is 10.7. The number of aryl methyl sites for hydroxylation is 1. The Balaban J connectivity index is 2.58. The van der Waals surface area contributed by atoms with Gasteiger partial charge in [-0.1, -0.05) is 17.7 Å².